The number of nitrogens with zero attached hydrogens (tertiary/aromatic N) is 3. The van der Waals surface area contributed by atoms with Gasteiger partial charge >= 0.3 is 0 Å². The predicted molar refractivity (Wildman–Crippen MR) is 318 cm³/mol. The number of anilines is 1. The maximum atomic E-state index is 13.8. The second kappa shape index (κ2) is 25.6. The van der Waals surface area contributed by atoms with E-state index in [4.69, 9.17) is 23.4 Å². The first-order valence-corrected chi connectivity index (χ1v) is 38.0. The van der Waals surface area contributed by atoms with E-state index in [0.29, 0.717) is 62.7 Å². The molecule has 3 N–H and O–H groups in total. The van der Waals surface area contributed by atoms with Crippen molar-refractivity contribution in [2.75, 3.05) is 18.5 Å². The number of hydrogen-bond donors (Lipinski definition) is 2. The Labute approximate surface area is 449 Å². The van der Waals surface area contributed by atoms with Crippen molar-refractivity contribution in [2.24, 2.45) is 17.6 Å². The molecular weight excluding hydrogens is 971 g/mol. The molecule has 10 nitrogen and oxygen atoms in total. The minimum Gasteiger partial charge on any atom is -0.416 e. The Morgan fingerprint density at radius 3 is 1.63 bits per heavy atom. The lowest BCUT2D eigenvalue weighted by Gasteiger charge is -2.45. The van der Waals surface area contributed by atoms with E-state index in [2.05, 4.69) is 178 Å². The summed E-state index contributed by atoms with van der Waals surface area (Å²) < 4.78 is 29.7. The Morgan fingerprint density at radius 2 is 1.16 bits per heavy atom. The summed E-state index contributed by atoms with van der Waals surface area (Å²) in [6, 6.07) is 15.0. The highest BCUT2D eigenvalue weighted by atomic mass is 28.4. The van der Waals surface area contributed by atoms with Gasteiger partial charge in [-0.1, -0.05) is 143 Å². The lowest BCUT2D eigenvalue weighted by atomic mass is 10.1. The topological polar surface area (TPSA) is 123 Å². The fraction of sp³-hybridized carbons (Fsp3) is 0.712. The SMILES string of the molecule is CC(C)[Si](O[C@H]1C[C@H](N)C[C@@H]1CO[Si](C)(C)C(C)(C)C)(C(C)C)C(C)C.CC(C)[Si](O[C@H]1C[C@H](Nc2ncncc2C(=O)c2ccn(C#Cc3ccccc3)c2)C[C@@H]1CO[Si](C)(C)C(C)(C)C)(C(C)C)C(C)C. The fourth-order valence-electron chi connectivity index (χ4n) is 11.6. The zero-order valence-electron chi connectivity index (χ0n) is 49.9. The number of carbonyl (C=O) groups is 1. The van der Waals surface area contributed by atoms with Crippen molar-refractivity contribution in [2.45, 2.75) is 244 Å². The van der Waals surface area contributed by atoms with Crippen LogP contribution in [0.4, 0.5) is 5.82 Å². The Morgan fingerprint density at radius 1 is 0.699 bits per heavy atom. The number of ketones is 1. The summed E-state index contributed by atoms with van der Waals surface area (Å²) in [5.74, 6) is 4.25. The van der Waals surface area contributed by atoms with E-state index in [1.165, 1.54) is 6.33 Å². The third-order valence-electron chi connectivity index (χ3n) is 17.7. The molecule has 410 valence electrons. The Bertz CT molecular complexity index is 2210. The molecule has 2 aliphatic rings. The molecule has 0 unspecified atom stereocenters. The number of nitrogens with one attached hydrogen (secondary N) is 1. The zero-order valence-corrected chi connectivity index (χ0v) is 53.9. The van der Waals surface area contributed by atoms with Gasteiger partial charge in [0.05, 0.1) is 17.8 Å². The average Bonchev–Trinajstić information content (AvgIpc) is 4.02. The quantitative estimate of drug-likeness (QED) is 0.0647. The summed E-state index contributed by atoms with van der Waals surface area (Å²) >= 11 is 0. The summed E-state index contributed by atoms with van der Waals surface area (Å²) in [5, 5.41) is 4.04. The van der Waals surface area contributed by atoms with Crippen molar-refractivity contribution >= 4 is 44.9 Å². The first-order chi connectivity index (χ1) is 33.7. The normalized spacial score (nSPS) is 21.3. The summed E-state index contributed by atoms with van der Waals surface area (Å²) in [5.41, 5.74) is 11.6. The molecule has 5 rings (SSSR count). The number of benzene rings is 1. The van der Waals surface area contributed by atoms with E-state index in [0.717, 1.165) is 37.9 Å². The van der Waals surface area contributed by atoms with E-state index in [9.17, 15) is 4.79 Å². The van der Waals surface area contributed by atoms with Crippen LogP contribution in [-0.2, 0) is 17.7 Å². The molecule has 0 spiro atoms. The highest BCUT2D eigenvalue weighted by molar-refractivity contribution is 6.78. The summed E-state index contributed by atoms with van der Waals surface area (Å²) in [6.07, 6.45) is 10.8. The molecule has 3 aromatic rings. The van der Waals surface area contributed by atoms with E-state index < -0.39 is 33.3 Å². The van der Waals surface area contributed by atoms with Crippen molar-refractivity contribution in [3.05, 3.63) is 78.0 Å². The van der Waals surface area contributed by atoms with Gasteiger partial charge in [0.15, 0.2) is 22.4 Å². The van der Waals surface area contributed by atoms with Gasteiger partial charge in [-0.2, -0.15) is 0 Å². The van der Waals surface area contributed by atoms with Crippen LogP contribution in [0.25, 0.3) is 0 Å². The second-order valence-corrected chi connectivity index (χ2v) is 47.1. The van der Waals surface area contributed by atoms with Crippen molar-refractivity contribution in [3.63, 3.8) is 0 Å². The number of carbonyl (C=O) groups excluding carboxylic acids is 1. The Balaban J connectivity index is 0.000000376. The Kier molecular flexibility index (Phi) is 22.0. The Hall–Kier alpha value is -2.72. The predicted octanol–water partition coefficient (Wildman–Crippen LogP) is 15.4. The van der Waals surface area contributed by atoms with Crippen molar-refractivity contribution in [3.8, 4) is 12.0 Å². The zero-order chi connectivity index (χ0) is 55.1. The molecule has 73 heavy (non-hydrogen) atoms. The van der Waals surface area contributed by atoms with Gasteiger partial charge in [-0.05, 0) is 119 Å². The standard InChI is InChI=1S/C38H56N4O3Si2.C21H47NO2Si2/c1-27(2)47(28(3)4,29(5)6)45-35-22-33(21-32(35)25-44-46(10,11)38(7,8)9)41-37-34(23-39-26-40-37)36(43)31-18-20-42(24-31)19-17-30-15-13-12-14-16-30;1-15(2)26(16(3)4,17(5)6)24-20-13-19(22)12-18(20)14-23-25(10,11)21(7,8)9/h12-16,18,20,23-24,26-29,32-33,35H,21-22,25H2,1-11H3,(H,39,40,41);15-20H,12-14,22H2,1-11H3/t32-,33-,35+;18-,19-,20+/m11/s1. The van der Waals surface area contributed by atoms with Crippen LogP contribution < -0.4 is 11.1 Å². The van der Waals surface area contributed by atoms with Crippen LogP contribution in [0.1, 0.15) is 172 Å². The van der Waals surface area contributed by atoms with Gasteiger partial charge in [0.1, 0.15) is 12.1 Å². The van der Waals surface area contributed by atoms with Gasteiger partial charge in [0.25, 0.3) is 0 Å². The molecule has 14 heteroatoms. The number of hydrogen-bond acceptors (Lipinski definition) is 9. The van der Waals surface area contributed by atoms with E-state index in [1.54, 1.807) is 29.2 Å². The van der Waals surface area contributed by atoms with Crippen molar-refractivity contribution in [1.82, 2.24) is 14.5 Å². The first-order valence-electron chi connectivity index (χ1n) is 27.9. The largest absolute Gasteiger partial charge is 0.416 e. The van der Waals surface area contributed by atoms with Crippen molar-refractivity contribution < 1.29 is 22.5 Å². The summed E-state index contributed by atoms with van der Waals surface area (Å²) in [6.45, 7) is 52.9. The monoisotopic (exact) mass is 1070 g/mol. The molecule has 0 radical (unpaired) electrons. The maximum Gasteiger partial charge on any atom is 0.200 e. The number of nitrogens with two attached hydrogens (primary N) is 1. The third-order valence-corrected chi connectivity index (χ3v) is 39.0. The number of rotatable bonds is 20. The molecule has 2 aliphatic carbocycles. The third kappa shape index (κ3) is 15.5. The highest BCUT2D eigenvalue weighted by Crippen LogP contribution is 2.48. The van der Waals surface area contributed by atoms with Crippen LogP contribution in [0.15, 0.2) is 61.3 Å². The lowest BCUT2D eigenvalue weighted by molar-refractivity contribution is 0.0968. The van der Waals surface area contributed by atoms with Crippen LogP contribution in [0.5, 0.6) is 0 Å². The summed E-state index contributed by atoms with van der Waals surface area (Å²) in [7, 11) is -7.69. The fourth-order valence-corrected chi connectivity index (χ4v) is 25.0. The van der Waals surface area contributed by atoms with Crippen LogP contribution in [0, 0.1) is 23.8 Å². The molecule has 2 saturated carbocycles. The van der Waals surface area contributed by atoms with Crippen LogP contribution in [0.3, 0.4) is 0 Å². The van der Waals surface area contributed by atoms with Gasteiger partial charge < -0.3 is 28.8 Å². The van der Waals surface area contributed by atoms with Gasteiger partial charge in [0.2, 0.25) is 16.6 Å². The molecule has 6 atom stereocenters. The number of aromatic nitrogens is 3. The van der Waals surface area contributed by atoms with E-state index in [-0.39, 0.29) is 46.1 Å². The molecule has 2 aromatic heterocycles. The molecular formula is C59H103N5O5Si4. The minimum absolute atomic E-state index is 0.0781. The average molecular weight is 1070 g/mol. The minimum atomic E-state index is -2.13. The molecule has 0 amide bonds. The first kappa shape index (κ1) is 62.8. The van der Waals surface area contributed by atoms with Gasteiger partial charge in [-0.15, -0.1) is 0 Å². The van der Waals surface area contributed by atoms with Crippen LogP contribution in [-0.4, -0.2) is 91.1 Å². The molecule has 2 fully saturated rings. The van der Waals surface area contributed by atoms with Gasteiger partial charge in [-0.3, -0.25) is 9.36 Å². The molecule has 1 aromatic carbocycles. The second-order valence-electron chi connectivity index (χ2n) is 26.7. The van der Waals surface area contributed by atoms with Crippen LogP contribution >= 0.6 is 0 Å². The molecule has 2 heterocycles. The summed E-state index contributed by atoms with van der Waals surface area (Å²) in [4.78, 5) is 22.5. The van der Waals surface area contributed by atoms with E-state index >= 15 is 0 Å². The molecule has 0 saturated heterocycles. The molecule has 0 aliphatic heterocycles. The van der Waals surface area contributed by atoms with E-state index in [1.807, 2.05) is 30.3 Å². The van der Waals surface area contributed by atoms with Crippen LogP contribution in [0.2, 0.25) is 69.5 Å². The maximum absolute atomic E-state index is 13.8. The smallest absolute Gasteiger partial charge is 0.200 e. The van der Waals surface area contributed by atoms with Crippen molar-refractivity contribution in [1.29, 1.82) is 0 Å². The van der Waals surface area contributed by atoms with Gasteiger partial charge in [-0.25, -0.2) is 9.97 Å². The molecule has 0 bridgehead atoms. The highest BCUT2D eigenvalue weighted by Gasteiger charge is 2.52. The lowest BCUT2D eigenvalue weighted by Crippen LogP contribution is -2.51. The van der Waals surface area contributed by atoms with Gasteiger partial charge in [0, 0.05) is 72.9 Å².